The van der Waals surface area contributed by atoms with Crippen LogP contribution in [-0.4, -0.2) is 41.8 Å². The first-order valence-corrected chi connectivity index (χ1v) is 9.88. The quantitative estimate of drug-likeness (QED) is 0.356. The monoisotopic (exact) mass is 480 g/mol. The highest BCUT2D eigenvalue weighted by molar-refractivity contribution is 7.09. The number of amides is 2. The van der Waals surface area contributed by atoms with E-state index in [1.807, 2.05) is 0 Å². The summed E-state index contributed by atoms with van der Waals surface area (Å²) in [5.41, 5.74) is 0.364. The van der Waals surface area contributed by atoms with Crippen LogP contribution in [0.15, 0.2) is 22.6 Å². The summed E-state index contributed by atoms with van der Waals surface area (Å²) in [7, 11) is 0. The first kappa shape index (κ1) is 21.5. The van der Waals surface area contributed by atoms with Gasteiger partial charge in [0, 0.05) is 6.07 Å². The maximum Gasteiger partial charge on any atom is 0.269 e. The molecule has 0 saturated carbocycles. The number of anilines is 1. The number of hydrogen-bond acceptors (Lipinski definition) is 9. The van der Waals surface area contributed by atoms with E-state index in [9.17, 15) is 18.4 Å². The maximum absolute atomic E-state index is 13.4. The number of carbonyl (C=O) groups is 2. The van der Waals surface area contributed by atoms with Crippen molar-refractivity contribution in [3.05, 3.63) is 57.7 Å². The minimum absolute atomic E-state index is 0.0129. The molecular formula is C17H11ClF2N8O3S. The molecule has 0 radical (unpaired) electrons. The zero-order chi connectivity index (χ0) is 22.8. The highest BCUT2D eigenvalue weighted by Crippen LogP contribution is 2.24. The van der Waals surface area contributed by atoms with Gasteiger partial charge in [0.25, 0.3) is 17.7 Å². The van der Waals surface area contributed by atoms with Crippen LogP contribution in [0.4, 0.5) is 14.6 Å². The van der Waals surface area contributed by atoms with Gasteiger partial charge in [-0.25, -0.2) is 8.78 Å². The molecule has 1 aromatic carbocycles. The lowest BCUT2D eigenvalue weighted by Gasteiger charge is -2.05. The van der Waals surface area contributed by atoms with Gasteiger partial charge in [0.1, 0.15) is 10.6 Å². The topological polar surface area (TPSA) is 152 Å². The van der Waals surface area contributed by atoms with Crippen molar-refractivity contribution in [3.63, 3.8) is 0 Å². The van der Waals surface area contributed by atoms with Crippen molar-refractivity contribution in [1.82, 2.24) is 35.3 Å². The average Bonchev–Trinajstić information content (AvgIpc) is 3.49. The minimum atomic E-state index is -1.23. The van der Waals surface area contributed by atoms with Crippen molar-refractivity contribution in [3.8, 4) is 10.8 Å². The predicted molar refractivity (Wildman–Crippen MR) is 107 cm³/mol. The molecule has 0 aliphatic carbocycles. The SMILES string of the molecule is Cc1nnsc1-c1nnc(CNC(=O)c2cc(NC(=O)c3cc(F)c(F)cc3Cl)n[nH]2)o1. The van der Waals surface area contributed by atoms with Crippen molar-refractivity contribution in [2.45, 2.75) is 13.5 Å². The molecule has 0 fully saturated rings. The van der Waals surface area contributed by atoms with E-state index in [0.29, 0.717) is 22.7 Å². The number of carbonyl (C=O) groups excluding carboxylic acids is 2. The van der Waals surface area contributed by atoms with Crippen LogP contribution in [0.3, 0.4) is 0 Å². The molecule has 32 heavy (non-hydrogen) atoms. The van der Waals surface area contributed by atoms with Gasteiger partial charge < -0.3 is 15.1 Å². The van der Waals surface area contributed by atoms with Crippen LogP contribution in [0.2, 0.25) is 5.02 Å². The summed E-state index contributed by atoms with van der Waals surface area (Å²) in [6.07, 6.45) is 0. The number of aryl methyl sites for hydroxylation is 1. The molecule has 3 aromatic heterocycles. The van der Waals surface area contributed by atoms with Crippen LogP contribution in [0, 0.1) is 18.6 Å². The fraction of sp³-hybridized carbons (Fsp3) is 0.118. The van der Waals surface area contributed by atoms with Gasteiger partial charge in [-0.05, 0) is 30.6 Å². The Kier molecular flexibility index (Phi) is 5.87. The van der Waals surface area contributed by atoms with Gasteiger partial charge in [0.2, 0.25) is 5.89 Å². The molecule has 4 rings (SSSR count). The molecule has 0 saturated heterocycles. The van der Waals surface area contributed by atoms with E-state index >= 15 is 0 Å². The summed E-state index contributed by atoms with van der Waals surface area (Å²) in [5.74, 6) is -3.46. The van der Waals surface area contributed by atoms with Crippen LogP contribution in [0.5, 0.6) is 0 Å². The number of hydrogen-bond donors (Lipinski definition) is 3. The lowest BCUT2D eigenvalue weighted by atomic mass is 10.2. The highest BCUT2D eigenvalue weighted by Gasteiger charge is 2.18. The molecule has 15 heteroatoms. The Balaban J connectivity index is 1.37. The van der Waals surface area contributed by atoms with E-state index < -0.39 is 23.4 Å². The molecule has 3 heterocycles. The smallest absolute Gasteiger partial charge is 0.269 e. The third kappa shape index (κ3) is 4.45. The highest BCUT2D eigenvalue weighted by atomic mass is 35.5. The van der Waals surface area contributed by atoms with E-state index in [0.717, 1.165) is 11.5 Å². The molecule has 11 nitrogen and oxygen atoms in total. The molecule has 3 N–H and O–H groups in total. The van der Waals surface area contributed by atoms with Crippen molar-refractivity contribution >= 4 is 40.8 Å². The fourth-order valence-electron chi connectivity index (χ4n) is 2.48. The average molecular weight is 481 g/mol. The van der Waals surface area contributed by atoms with Crippen molar-refractivity contribution in [2.24, 2.45) is 0 Å². The van der Waals surface area contributed by atoms with E-state index in [-0.39, 0.29) is 40.4 Å². The summed E-state index contributed by atoms with van der Waals surface area (Å²) in [6.45, 7) is 1.68. The molecular weight excluding hydrogens is 470 g/mol. The lowest BCUT2D eigenvalue weighted by Crippen LogP contribution is -2.23. The first-order chi connectivity index (χ1) is 15.3. The van der Waals surface area contributed by atoms with Crippen molar-refractivity contribution < 1.29 is 22.8 Å². The van der Waals surface area contributed by atoms with Crippen LogP contribution in [-0.2, 0) is 6.54 Å². The lowest BCUT2D eigenvalue weighted by molar-refractivity contribution is 0.0941. The van der Waals surface area contributed by atoms with Gasteiger partial charge in [0.15, 0.2) is 17.5 Å². The van der Waals surface area contributed by atoms with E-state index in [1.54, 1.807) is 6.92 Å². The number of benzene rings is 1. The summed E-state index contributed by atoms with van der Waals surface area (Å²) in [6, 6.07) is 2.59. The van der Waals surface area contributed by atoms with Crippen molar-refractivity contribution in [1.29, 1.82) is 0 Å². The molecule has 0 atom stereocenters. The number of aromatic nitrogens is 6. The maximum atomic E-state index is 13.4. The van der Waals surface area contributed by atoms with E-state index in [4.69, 9.17) is 16.0 Å². The normalized spacial score (nSPS) is 10.9. The van der Waals surface area contributed by atoms with Gasteiger partial charge in [-0.15, -0.1) is 15.3 Å². The molecule has 0 bridgehead atoms. The van der Waals surface area contributed by atoms with Gasteiger partial charge in [-0.2, -0.15) is 5.10 Å². The number of nitrogens with one attached hydrogen (secondary N) is 3. The first-order valence-electron chi connectivity index (χ1n) is 8.73. The Labute approximate surface area is 186 Å². The third-order valence-electron chi connectivity index (χ3n) is 4.03. The summed E-state index contributed by atoms with van der Waals surface area (Å²) in [4.78, 5) is 25.2. The molecule has 0 aliphatic rings. The Morgan fingerprint density at radius 3 is 2.69 bits per heavy atom. The number of H-pyrrole nitrogens is 1. The molecule has 0 spiro atoms. The van der Waals surface area contributed by atoms with E-state index in [2.05, 4.69) is 40.6 Å². The Morgan fingerprint density at radius 1 is 1.16 bits per heavy atom. The molecule has 164 valence electrons. The molecule has 0 aliphatic heterocycles. The number of rotatable bonds is 6. The van der Waals surface area contributed by atoms with Gasteiger partial charge in [-0.3, -0.25) is 14.7 Å². The number of nitrogens with zero attached hydrogens (tertiary/aromatic N) is 5. The standard InChI is InChI=1S/C17H11ClF2N8O3S/c1-6-14(32-28-23-6)17-27-26-13(31-17)5-21-16(30)11-4-12(25-24-11)22-15(29)7-2-9(19)10(20)3-8(7)18/h2-4H,5H2,1H3,(H,21,30)(H2,22,24,25,29). The zero-order valence-electron chi connectivity index (χ0n) is 15.9. The van der Waals surface area contributed by atoms with Gasteiger partial charge in [0.05, 0.1) is 22.8 Å². The third-order valence-corrected chi connectivity index (χ3v) is 5.16. The summed E-state index contributed by atoms with van der Waals surface area (Å²) in [5, 5.41) is 22.4. The van der Waals surface area contributed by atoms with Gasteiger partial charge in [-0.1, -0.05) is 16.1 Å². The second-order valence-corrected chi connectivity index (χ2v) is 7.40. The summed E-state index contributed by atoms with van der Waals surface area (Å²) >= 11 is 6.88. The van der Waals surface area contributed by atoms with Crippen LogP contribution in [0.25, 0.3) is 10.8 Å². The van der Waals surface area contributed by atoms with Crippen LogP contribution in [0.1, 0.15) is 32.4 Å². The Bertz CT molecular complexity index is 1320. The molecule has 2 amide bonds. The van der Waals surface area contributed by atoms with Crippen LogP contribution < -0.4 is 10.6 Å². The summed E-state index contributed by atoms with van der Waals surface area (Å²) < 4.78 is 35.8. The fourth-order valence-corrected chi connectivity index (χ4v) is 3.29. The minimum Gasteiger partial charge on any atom is -0.418 e. The van der Waals surface area contributed by atoms with Crippen LogP contribution >= 0.6 is 23.1 Å². The zero-order valence-corrected chi connectivity index (χ0v) is 17.5. The van der Waals surface area contributed by atoms with E-state index in [1.165, 1.54) is 6.07 Å². The molecule has 4 aromatic rings. The Hall–Kier alpha value is -3.78. The molecule has 0 unspecified atom stereocenters. The number of aromatic amines is 1. The second-order valence-electron chi connectivity index (χ2n) is 6.24. The second kappa shape index (κ2) is 8.76. The predicted octanol–water partition coefficient (Wildman–Crippen LogP) is 2.73. The number of halogens is 3. The van der Waals surface area contributed by atoms with Gasteiger partial charge >= 0.3 is 0 Å². The largest absolute Gasteiger partial charge is 0.418 e. The Morgan fingerprint density at radius 2 is 1.94 bits per heavy atom. The van der Waals surface area contributed by atoms with Crippen molar-refractivity contribution in [2.75, 3.05) is 5.32 Å².